The number of nitrogens with zero attached hydrogens (tertiary/aromatic N) is 1. The maximum absolute atomic E-state index is 12.2. The van der Waals surface area contributed by atoms with Crippen molar-refractivity contribution in [3.05, 3.63) is 62.4 Å². The number of carbonyl (C=O) groups is 1. The van der Waals surface area contributed by atoms with E-state index in [4.69, 9.17) is 5.73 Å². The number of amides is 1. The molecule has 3 rings (SSSR count). The van der Waals surface area contributed by atoms with Gasteiger partial charge < -0.3 is 16.0 Å². The van der Waals surface area contributed by atoms with Crippen molar-refractivity contribution in [2.45, 2.75) is 0 Å². The van der Waals surface area contributed by atoms with Crippen LogP contribution in [0.15, 0.2) is 45.4 Å². The van der Waals surface area contributed by atoms with Crippen LogP contribution in [0, 0.1) is 0 Å². The fourth-order valence-corrected chi connectivity index (χ4v) is 2.60. The maximum Gasteiger partial charge on any atom is 0.326 e. The molecule has 5 N–H and O–H groups in total. The van der Waals surface area contributed by atoms with Gasteiger partial charge in [0.1, 0.15) is 16.4 Å². The van der Waals surface area contributed by atoms with Crippen LogP contribution in [0.25, 0.3) is 10.6 Å². The first kappa shape index (κ1) is 14.7. The molecule has 0 unspecified atom stereocenters. The predicted octanol–water partition coefficient (Wildman–Crippen LogP) is 1.02. The van der Waals surface area contributed by atoms with E-state index < -0.39 is 17.2 Å². The van der Waals surface area contributed by atoms with Crippen LogP contribution in [-0.2, 0) is 0 Å². The van der Waals surface area contributed by atoms with Crippen LogP contribution in [0.1, 0.15) is 10.5 Å². The van der Waals surface area contributed by atoms with E-state index in [0.717, 1.165) is 10.6 Å². The molecule has 0 saturated carbocycles. The lowest BCUT2D eigenvalue weighted by molar-refractivity contribution is 0.102. The van der Waals surface area contributed by atoms with E-state index in [1.165, 1.54) is 11.3 Å². The van der Waals surface area contributed by atoms with Crippen molar-refractivity contribution in [1.29, 1.82) is 0 Å². The van der Waals surface area contributed by atoms with Gasteiger partial charge in [0.15, 0.2) is 0 Å². The van der Waals surface area contributed by atoms with E-state index in [9.17, 15) is 14.4 Å². The van der Waals surface area contributed by atoms with Gasteiger partial charge in [-0.25, -0.2) is 9.78 Å². The SMILES string of the molecule is Nc1c(C(=O)Nc2cccc(-c3nccs3)c2)[nH]c(=O)[nH]c1=O. The number of thiazole rings is 1. The Morgan fingerprint density at radius 3 is 2.83 bits per heavy atom. The lowest BCUT2D eigenvalue weighted by Gasteiger charge is -2.07. The number of rotatable bonds is 3. The third-order valence-corrected chi connectivity index (χ3v) is 3.83. The average molecular weight is 329 g/mol. The number of carbonyl (C=O) groups excluding carboxylic acids is 1. The molecule has 0 bridgehead atoms. The Morgan fingerprint density at radius 2 is 2.09 bits per heavy atom. The third kappa shape index (κ3) is 3.04. The summed E-state index contributed by atoms with van der Waals surface area (Å²) in [4.78, 5) is 43.3. The molecule has 8 nitrogen and oxygen atoms in total. The molecular formula is C14H11N5O3S. The minimum Gasteiger partial charge on any atom is -0.392 e. The van der Waals surface area contributed by atoms with Crippen LogP contribution in [0.2, 0.25) is 0 Å². The molecule has 116 valence electrons. The number of benzene rings is 1. The summed E-state index contributed by atoms with van der Waals surface area (Å²) in [6.45, 7) is 0. The van der Waals surface area contributed by atoms with E-state index in [2.05, 4.69) is 15.3 Å². The third-order valence-electron chi connectivity index (χ3n) is 3.01. The number of anilines is 2. The normalized spacial score (nSPS) is 10.4. The zero-order valence-electron chi connectivity index (χ0n) is 11.6. The number of H-pyrrole nitrogens is 2. The van der Waals surface area contributed by atoms with Gasteiger partial charge in [-0.2, -0.15) is 0 Å². The summed E-state index contributed by atoms with van der Waals surface area (Å²) in [5.74, 6) is -0.679. The van der Waals surface area contributed by atoms with Crippen molar-refractivity contribution in [3.63, 3.8) is 0 Å². The zero-order valence-corrected chi connectivity index (χ0v) is 12.4. The van der Waals surface area contributed by atoms with Gasteiger partial charge in [0.2, 0.25) is 0 Å². The molecule has 0 saturated heterocycles. The van der Waals surface area contributed by atoms with Crippen LogP contribution in [0.3, 0.4) is 0 Å². The minimum atomic E-state index is -0.810. The maximum atomic E-state index is 12.2. The van der Waals surface area contributed by atoms with E-state index in [1.54, 1.807) is 24.4 Å². The van der Waals surface area contributed by atoms with Crippen molar-refractivity contribution in [3.8, 4) is 10.6 Å². The van der Waals surface area contributed by atoms with E-state index >= 15 is 0 Å². The summed E-state index contributed by atoms with van der Waals surface area (Å²) in [5.41, 5.74) is 4.62. The smallest absolute Gasteiger partial charge is 0.326 e. The lowest BCUT2D eigenvalue weighted by Crippen LogP contribution is -2.30. The first-order valence-electron chi connectivity index (χ1n) is 6.48. The molecule has 1 amide bonds. The largest absolute Gasteiger partial charge is 0.392 e. The molecule has 0 radical (unpaired) electrons. The molecule has 2 heterocycles. The Morgan fingerprint density at radius 1 is 1.26 bits per heavy atom. The van der Waals surface area contributed by atoms with Gasteiger partial charge >= 0.3 is 5.69 Å². The zero-order chi connectivity index (χ0) is 16.4. The number of nitrogens with two attached hydrogens (primary N) is 1. The van der Waals surface area contributed by atoms with Gasteiger partial charge in [-0.3, -0.25) is 14.6 Å². The second kappa shape index (κ2) is 5.89. The number of aromatic nitrogens is 3. The van der Waals surface area contributed by atoms with Gasteiger partial charge in [-0.1, -0.05) is 12.1 Å². The van der Waals surface area contributed by atoms with Gasteiger partial charge in [0.25, 0.3) is 11.5 Å². The van der Waals surface area contributed by atoms with Crippen LogP contribution >= 0.6 is 11.3 Å². The van der Waals surface area contributed by atoms with Gasteiger partial charge in [0, 0.05) is 22.8 Å². The Bertz CT molecular complexity index is 975. The molecule has 9 heteroatoms. The molecule has 0 aliphatic carbocycles. The van der Waals surface area contributed by atoms with Gasteiger partial charge in [0.05, 0.1) is 0 Å². The summed E-state index contributed by atoms with van der Waals surface area (Å²) in [6, 6.07) is 7.03. The first-order chi connectivity index (χ1) is 11.0. The van der Waals surface area contributed by atoms with Gasteiger partial charge in [-0.15, -0.1) is 11.3 Å². The summed E-state index contributed by atoms with van der Waals surface area (Å²) < 4.78 is 0. The van der Waals surface area contributed by atoms with Crippen molar-refractivity contribution in [2.24, 2.45) is 0 Å². The topological polar surface area (TPSA) is 134 Å². The lowest BCUT2D eigenvalue weighted by atomic mass is 10.2. The monoisotopic (exact) mass is 329 g/mol. The van der Waals surface area contributed by atoms with Crippen LogP contribution in [0.4, 0.5) is 11.4 Å². The summed E-state index contributed by atoms with van der Waals surface area (Å²) >= 11 is 1.47. The number of hydrogen-bond donors (Lipinski definition) is 4. The average Bonchev–Trinajstić information content (AvgIpc) is 3.05. The number of aromatic amines is 2. The molecule has 23 heavy (non-hydrogen) atoms. The molecule has 0 atom stereocenters. The second-order valence-corrected chi connectivity index (χ2v) is 5.46. The summed E-state index contributed by atoms with van der Waals surface area (Å²) in [5, 5.41) is 5.25. The Balaban J connectivity index is 1.91. The number of nitrogens with one attached hydrogen (secondary N) is 3. The van der Waals surface area contributed by atoms with Crippen LogP contribution < -0.4 is 22.3 Å². The molecule has 0 aliphatic rings. The molecule has 0 aliphatic heterocycles. The fraction of sp³-hybridized carbons (Fsp3) is 0. The Labute approximate surface area is 133 Å². The standard InChI is InChI=1S/C14H11N5O3S/c15-9-10(18-14(22)19-11(9)20)12(21)17-8-3-1-2-7(6-8)13-16-4-5-23-13/h1-6H,15H2,(H,17,21)(H2,18,19,20,22). The summed E-state index contributed by atoms with van der Waals surface area (Å²) in [6.07, 6.45) is 1.69. The molecular weight excluding hydrogens is 318 g/mol. The molecule has 3 aromatic rings. The second-order valence-electron chi connectivity index (χ2n) is 4.57. The highest BCUT2D eigenvalue weighted by atomic mass is 32.1. The molecule has 2 aromatic heterocycles. The van der Waals surface area contributed by atoms with Crippen LogP contribution in [-0.4, -0.2) is 20.9 Å². The molecule has 0 fully saturated rings. The quantitative estimate of drug-likeness (QED) is 0.569. The van der Waals surface area contributed by atoms with Crippen molar-refractivity contribution in [2.75, 3.05) is 11.1 Å². The van der Waals surface area contributed by atoms with Crippen molar-refractivity contribution < 1.29 is 4.79 Å². The molecule has 0 spiro atoms. The number of hydrogen-bond acceptors (Lipinski definition) is 6. The van der Waals surface area contributed by atoms with Gasteiger partial charge in [-0.05, 0) is 12.1 Å². The van der Waals surface area contributed by atoms with Crippen molar-refractivity contribution >= 4 is 28.6 Å². The van der Waals surface area contributed by atoms with E-state index in [0.29, 0.717) is 5.69 Å². The fourth-order valence-electron chi connectivity index (χ4n) is 1.96. The predicted molar refractivity (Wildman–Crippen MR) is 87.6 cm³/mol. The minimum absolute atomic E-state index is 0.279. The Kier molecular flexibility index (Phi) is 3.77. The first-order valence-corrected chi connectivity index (χ1v) is 7.36. The van der Waals surface area contributed by atoms with Crippen LogP contribution in [0.5, 0.6) is 0 Å². The van der Waals surface area contributed by atoms with E-state index in [1.807, 2.05) is 16.4 Å². The number of nitrogen functional groups attached to an aromatic ring is 1. The Hall–Kier alpha value is -3.20. The highest BCUT2D eigenvalue weighted by Gasteiger charge is 2.14. The highest BCUT2D eigenvalue weighted by Crippen LogP contribution is 2.24. The van der Waals surface area contributed by atoms with Crippen molar-refractivity contribution in [1.82, 2.24) is 15.0 Å². The highest BCUT2D eigenvalue weighted by molar-refractivity contribution is 7.13. The summed E-state index contributed by atoms with van der Waals surface area (Å²) in [7, 11) is 0. The molecule has 1 aromatic carbocycles. The van der Waals surface area contributed by atoms with E-state index in [-0.39, 0.29) is 11.4 Å².